The van der Waals surface area contributed by atoms with Crippen LogP contribution in [0.4, 0.5) is 0 Å². The SMILES string of the molecule is COS(=O)(=O)c1cccc(CC2CCN(CCOc3cccc4nc(C)ccc34)CC2)c1. The van der Waals surface area contributed by atoms with Gasteiger partial charge in [0.25, 0.3) is 10.1 Å². The monoisotopic (exact) mass is 454 g/mol. The van der Waals surface area contributed by atoms with Crippen LogP contribution < -0.4 is 4.74 Å². The summed E-state index contributed by atoms with van der Waals surface area (Å²) in [6.45, 7) is 5.59. The van der Waals surface area contributed by atoms with Crippen molar-refractivity contribution in [3.8, 4) is 5.75 Å². The molecule has 0 N–H and O–H groups in total. The molecule has 32 heavy (non-hydrogen) atoms. The standard InChI is InChI=1S/C25H30N2O4S/c1-19-9-10-23-24(26-19)7-4-8-25(23)31-16-15-27-13-11-20(12-14-27)17-21-5-3-6-22(18-21)32(28,29)30-2/h3-10,18,20H,11-17H2,1-2H3. The van der Waals surface area contributed by atoms with Crippen molar-refractivity contribution in [2.45, 2.75) is 31.1 Å². The molecule has 1 saturated heterocycles. The molecule has 3 aromatic rings. The molecule has 0 saturated carbocycles. The molecule has 1 aromatic heterocycles. The average Bonchev–Trinajstić information content (AvgIpc) is 2.80. The van der Waals surface area contributed by atoms with Crippen LogP contribution in [-0.4, -0.2) is 51.7 Å². The second-order valence-electron chi connectivity index (χ2n) is 8.38. The summed E-state index contributed by atoms with van der Waals surface area (Å²) in [6, 6.07) is 17.2. The van der Waals surface area contributed by atoms with E-state index in [1.165, 1.54) is 7.11 Å². The predicted molar refractivity (Wildman–Crippen MR) is 125 cm³/mol. The largest absolute Gasteiger partial charge is 0.492 e. The summed E-state index contributed by atoms with van der Waals surface area (Å²) in [6.07, 6.45) is 3.08. The Morgan fingerprint density at radius 3 is 2.62 bits per heavy atom. The molecule has 0 atom stereocenters. The van der Waals surface area contributed by atoms with Crippen LogP contribution in [0.25, 0.3) is 10.9 Å². The maximum Gasteiger partial charge on any atom is 0.296 e. The maximum absolute atomic E-state index is 11.9. The van der Waals surface area contributed by atoms with Crippen LogP contribution in [0.1, 0.15) is 24.1 Å². The van der Waals surface area contributed by atoms with E-state index in [2.05, 4.69) is 20.1 Å². The topological polar surface area (TPSA) is 68.7 Å². The molecule has 1 fully saturated rings. The van der Waals surface area contributed by atoms with Gasteiger partial charge in [0, 0.05) is 17.6 Å². The molecule has 0 bridgehead atoms. The molecule has 2 aromatic carbocycles. The second kappa shape index (κ2) is 9.98. The number of benzene rings is 2. The molecular formula is C25H30N2O4S. The fourth-order valence-corrected chi connectivity index (χ4v) is 5.04. The van der Waals surface area contributed by atoms with Crippen LogP contribution in [0.5, 0.6) is 5.75 Å². The van der Waals surface area contributed by atoms with Crippen molar-refractivity contribution in [2.24, 2.45) is 5.92 Å². The quantitative estimate of drug-likeness (QED) is 0.475. The van der Waals surface area contributed by atoms with Crippen molar-refractivity contribution >= 4 is 21.0 Å². The van der Waals surface area contributed by atoms with Gasteiger partial charge in [-0.15, -0.1) is 0 Å². The molecule has 2 heterocycles. The Morgan fingerprint density at radius 1 is 1.06 bits per heavy atom. The van der Waals surface area contributed by atoms with Crippen molar-refractivity contribution in [3.63, 3.8) is 0 Å². The van der Waals surface area contributed by atoms with Gasteiger partial charge in [0.1, 0.15) is 12.4 Å². The van der Waals surface area contributed by atoms with Gasteiger partial charge < -0.3 is 4.74 Å². The number of pyridine rings is 1. The van der Waals surface area contributed by atoms with Gasteiger partial charge in [0.05, 0.1) is 17.5 Å². The highest BCUT2D eigenvalue weighted by Gasteiger charge is 2.20. The number of piperidine rings is 1. The van der Waals surface area contributed by atoms with Crippen LogP contribution in [0.2, 0.25) is 0 Å². The molecule has 170 valence electrons. The number of hydrogen-bond acceptors (Lipinski definition) is 6. The minimum absolute atomic E-state index is 0.228. The van der Waals surface area contributed by atoms with E-state index in [1.54, 1.807) is 18.2 Å². The molecule has 7 heteroatoms. The Morgan fingerprint density at radius 2 is 1.84 bits per heavy atom. The smallest absolute Gasteiger partial charge is 0.296 e. The molecular weight excluding hydrogens is 424 g/mol. The number of rotatable bonds is 8. The van der Waals surface area contributed by atoms with E-state index in [9.17, 15) is 8.42 Å². The number of aryl methyl sites for hydroxylation is 1. The van der Waals surface area contributed by atoms with Crippen LogP contribution in [0.3, 0.4) is 0 Å². The van der Waals surface area contributed by atoms with Gasteiger partial charge in [0.15, 0.2) is 0 Å². The number of ether oxygens (including phenoxy) is 1. The summed E-state index contributed by atoms with van der Waals surface area (Å²) in [5.41, 5.74) is 3.01. The average molecular weight is 455 g/mol. The lowest BCUT2D eigenvalue weighted by Gasteiger charge is -2.32. The lowest BCUT2D eigenvalue weighted by Crippen LogP contribution is -2.37. The van der Waals surface area contributed by atoms with Gasteiger partial charge in [-0.1, -0.05) is 18.2 Å². The highest BCUT2D eigenvalue weighted by Crippen LogP contribution is 2.26. The first-order chi connectivity index (χ1) is 15.4. The van der Waals surface area contributed by atoms with Crippen LogP contribution in [-0.2, 0) is 20.7 Å². The molecule has 0 unspecified atom stereocenters. The number of likely N-dealkylation sites (tertiary alicyclic amines) is 1. The minimum Gasteiger partial charge on any atom is -0.492 e. The number of hydrogen-bond donors (Lipinski definition) is 0. The Balaban J connectivity index is 1.26. The Kier molecular flexibility index (Phi) is 7.08. The lowest BCUT2D eigenvalue weighted by atomic mass is 9.90. The number of fused-ring (bicyclic) bond motifs is 1. The summed E-state index contributed by atoms with van der Waals surface area (Å²) in [4.78, 5) is 7.24. The summed E-state index contributed by atoms with van der Waals surface area (Å²) in [5.74, 6) is 1.44. The van der Waals surface area contributed by atoms with Crippen molar-refractivity contribution in [3.05, 3.63) is 65.9 Å². The van der Waals surface area contributed by atoms with E-state index in [-0.39, 0.29) is 4.90 Å². The van der Waals surface area contributed by atoms with Crippen LogP contribution in [0, 0.1) is 12.8 Å². The third-order valence-electron chi connectivity index (χ3n) is 6.13. The van der Waals surface area contributed by atoms with E-state index in [4.69, 9.17) is 4.74 Å². The first-order valence-electron chi connectivity index (χ1n) is 11.1. The molecule has 1 aliphatic heterocycles. The first-order valence-corrected chi connectivity index (χ1v) is 12.5. The number of nitrogens with zero attached hydrogens (tertiary/aromatic N) is 2. The Hall–Kier alpha value is -2.48. The molecule has 6 nitrogen and oxygen atoms in total. The first kappa shape index (κ1) is 22.7. The third kappa shape index (κ3) is 5.46. The molecule has 1 aliphatic rings. The van der Waals surface area contributed by atoms with E-state index in [0.29, 0.717) is 12.5 Å². The highest BCUT2D eigenvalue weighted by molar-refractivity contribution is 7.86. The van der Waals surface area contributed by atoms with E-state index < -0.39 is 10.1 Å². The van der Waals surface area contributed by atoms with Crippen molar-refractivity contribution in [1.29, 1.82) is 0 Å². The molecule has 0 amide bonds. The second-order valence-corrected chi connectivity index (χ2v) is 10.1. The third-order valence-corrected chi connectivity index (χ3v) is 7.40. The zero-order valence-electron chi connectivity index (χ0n) is 18.7. The van der Waals surface area contributed by atoms with Gasteiger partial charge in [-0.3, -0.25) is 14.1 Å². The van der Waals surface area contributed by atoms with Gasteiger partial charge in [0.2, 0.25) is 0 Å². The van der Waals surface area contributed by atoms with Gasteiger partial charge in [-0.25, -0.2) is 0 Å². The van der Waals surface area contributed by atoms with E-state index >= 15 is 0 Å². The fraction of sp³-hybridized carbons (Fsp3) is 0.400. The molecule has 0 radical (unpaired) electrons. The summed E-state index contributed by atoms with van der Waals surface area (Å²) in [7, 11) is -2.45. The predicted octanol–water partition coefficient (Wildman–Crippen LogP) is 4.21. The minimum atomic E-state index is -3.65. The maximum atomic E-state index is 11.9. The zero-order valence-corrected chi connectivity index (χ0v) is 19.5. The Bertz CT molecular complexity index is 1170. The van der Waals surface area contributed by atoms with E-state index in [1.807, 2.05) is 37.3 Å². The summed E-state index contributed by atoms with van der Waals surface area (Å²) < 4.78 is 34.6. The van der Waals surface area contributed by atoms with Crippen molar-refractivity contribution in [2.75, 3.05) is 33.4 Å². The normalized spacial score (nSPS) is 15.8. The highest BCUT2D eigenvalue weighted by atomic mass is 32.2. The van der Waals surface area contributed by atoms with Crippen molar-refractivity contribution < 1.29 is 17.3 Å². The van der Waals surface area contributed by atoms with Crippen LogP contribution in [0.15, 0.2) is 59.5 Å². The molecule has 0 spiro atoms. The Labute approximate surface area is 190 Å². The molecule has 4 rings (SSSR count). The van der Waals surface area contributed by atoms with E-state index in [0.717, 1.165) is 66.8 Å². The van der Waals surface area contributed by atoms with Gasteiger partial charge in [-0.2, -0.15) is 8.42 Å². The molecule has 0 aliphatic carbocycles. The lowest BCUT2D eigenvalue weighted by molar-refractivity contribution is 0.155. The summed E-state index contributed by atoms with van der Waals surface area (Å²) in [5, 5.41) is 1.05. The summed E-state index contributed by atoms with van der Waals surface area (Å²) >= 11 is 0. The number of aromatic nitrogens is 1. The van der Waals surface area contributed by atoms with Crippen LogP contribution >= 0.6 is 0 Å². The van der Waals surface area contributed by atoms with Gasteiger partial charge >= 0.3 is 0 Å². The fourth-order valence-electron chi connectivity index (χ4n) is 4.31. The van der Waals surface area contributed by atoms with Gasteiger partial charge in [-0.05, 0) is 87.2 Å². The van der Waals surface area contributed by atoms with Crippen molar-refractivity contribution in [1.82, 2.24) is 9.88 Å². The zero-order chi connectivity index (χ0) is 22.6.